The van der Waals surface area contributed by atoms with Crippen molar-refractivity contribution in [2.75, 3.05) is 20.3 Å². The van der Waals surface area contributed by atoms with Crippen molar-refractivity contribution in [3.63, 3.8) is 0 Å². The van der Waals surface area contributed by atoms with E-state index >= 15 is 0 Å². The van der Waals surface area contributed by atoms with E-state index in [1.165, 1.54) is 13.2 Å². The maximum Gasteiger partial charge on any atom is 0.331 e. The summed E-state index contributed by atoms with van der Waals surface area (Å²) in [6, 6.07) is 4.80. The molecule has 1 aromatic carbocycles. The monoisotopic (exact) mass is 404 g/mol. The molecule has 0 saturated heterocycles. The first kappa shape index (κ1) is 22.3. The van der Waals surface area contributed by atoms with Gasteiger partial charge in [-0.25, -0.2) is 9.59 Å². The van der Waals surface area contributed by atoms with Crippen LogP contribution in [-0.4, -0.2) is 44.3 Å². The van der Waals surface area contributed by atoms with Crippen LogP contribution >= 0.6 is 0 Å². The summed E-state index contributed by atoms with van der Waals surface area (Å²) < 4.78 is 15.7. The first-order valence-corrected chi connectivity index (χ1v) is 9.77. The second-order valence-electron chi connectivity index (χ2n) is 6.70. The number of carbonyl (C=O) groups excluding carboxylic acids is 3. The highest BCUT2D eigenvalue weighted by molar-refractivity contribution is 5.96. The highest BCUT2D eigenvalue weighted by atomic mass is 16.5. The maximum absolute atomic E-state index is 11.8. The lowest BCUT2D eigenvalue weighted by Gasteiger charge is -2.12. The molecule has 8 nitrogen and oxygen atoms in total. The number of amides is 3. The van der Waals surface area contributed by atoms with Crippen LogP contribution in [0.2, 0.25) is 0 Å². The molecule has 2 rings (SSSR count). The number of nitrogens with one attached hydrogen (secondary N) is 2. The van der Waals surface area contributed by atoms with E-state index in [1.807, 2.05) is 6.92 Å². The van der Waals surface area contributed by atoms with Crippen molar-refractivity contribution in [3.05, 3.63) is 29.8 Å². The van der Waals surface area contributed by atoms with Gasteiger partial charge in [0.25, 0.3) is 5.91 Å². The maximum atomic E-state index is 11.8. The van der Waals surface area contributed by atoms with Crippen molar-refractivity contribution in [3.8, 4) is 11.5 Å². The summed E-state index contributed by atoms with van der Waals surface area (Å²) in [6.45, 7) is 2.06. The molecule has 0 atom stereocenters. The van der Waals surface area contributed by atoms with Crippen LogP contribution in [0.3, 0.4) is 0 Å². The highest BCUT2D eigenvalue weighted by Crippen LogP contribution is 2.28. The molecule has 1 aliphatic rings. The molecule has 0 heterocycles. The summed E-state index contributed by atoms with van der Waals surface area (Å²) in [4.78, 5) is 35.2. The van der Waals surface area contributed by atoms with E-state index in [0.29, 0.717) is 23.7 Å². The van der Waals surface area contributed by atoms with Gasteiger partial charge in [-0.2, -0.15) is 0 Å². The van der Waals surface area contributed by atoms with Crippen LogP contribution in [-0.2, 0) is 14.3 Å². The average Bonchev–Trinajstić information content (AvgIpc) is 3.22. The minimum absolute atomic E-state index is 0.101. The molecule has 0 aromatic heterocycles. The second-order valence-corrected chi connectivity index (χ2v) is 6.70. The van der Waals surface area contributed by atoms with Crippen molar-refractivity contribution in [1.82, 2.24) is 10.6 Å². The molecule has 0 bridgehead atoms. The van der Waals surface area contributed by atoms with Gasteiger partial charge in [0.05, 0.1) is 13.7 Å². The van der Waals surface area contributed by atoms with Crippen molar-refractivity contribution in [1.29, 1.82) is 0 Å². The molecular formula is C21H28N2O6. The van der Waals surface area contributed by atoms with Crippen LogP contribution in [0.5, 0.6) is 11.5 Å². The van der Waals surface area contributed by atoms with Gasteiger partial charge in [-0.15, -0.1) is 0 Å². The van der Waals surface area contributed by atoms with Gasteiger partial charge in [0.2, 0.25) is 0 Å². The number of carbonyl (C=O) groups is 3. The third-order valence-corrected chi connectivity index (χ3v) is 4.35. The number of methoxy groups -OCH3 is 1. The summed E-state index contributed by atoms with van der Waals surface area (Å²) >= 11 is 0. The second kappa shape index (κ2) is 11.7. The fourth-order valence-corrected chi connectivity index (χ4v) is 2.92. The molecule has 0 aliphatic heterocycles. The minimum atomic E-state index is -0.693. The van der Waals surface area contributed by atoms with E-state index in [-0.39, 0.29) is 6.04 Å². The Morgan fingerprint density at radius 1 is 1.17 bits per heavy atom. The van der Waals surface area contributed by atoms with Gasteiger partial charge >= 0.3 is 12.0 Å². The zero-order chi connectivity index (χ0) is 21.1. The van der Waals surface area contributed by atoms with Gasteiger partial charge in [0.15, 0.2) is 18.1 Å². The first-order chi connectivity index (χ1) is 14.0. The lowest BCUT2D eigenvalue weighted by molar-refractivity contribution is -0.143. The number of rotatable bonds is 9. The number of imide groups is 1. The van der Waals surface area contributed by atoms with Gasteiger partial charge in [0.1, 0.15) is 0 Å². The lowest BCUT2D eigenvalue weighted by atomic mass is 10.2. The number of urea groups is 1. The Morgan fingerprint density at radius 2 is 1.93 bits per heavy atom. The van der Waals surface area contributed by atoms with Crippen LogP contribution in [0.1, 0.15) is 44.6 Å². The highest BCUT2D eigenvalue weighted by Gasteiger charge is 2.18. The normalized spacial score (nSPS) is 13.9. The molecular weight excluding hydrogens is 376 g/mol. The summed E-state index contributed by atoms with van der Waals surface area (Å²) in [6.07, 6.45) is 7.60. The van der Waals surface area contributed by atoms with Crippen LogP contribution in [0.4, 0.5) is 4.79 Å². The first-order valence-electron chi connectivity index (χ1n) is 9.77. The molecule has 3 amide bonds. The molecule has 8 heteroatoms. The van der Waals surface area contributed by atoms with Gasteiger partial charge in [-0.1, -0.05) is 25.8 Å². The molecule has 2 N–H and O–H groups in total. The lowest BCUT2D eigenvalue weighted by Crippen LogP contribution is -2.44. The number of benzene rings is 1. The Kier molecular flexibility index (Phi) is 9.01. The third-order valence-electron chi connectivity index (χ3n) is 4.35. The molecule has 1 saturated carbocycles. The fraction of sp³-hybridized carbons (Fsp3) is 0.476. The minimum Gasteiger partial charge on any atom is -0.493 e. The van der Waals surface area contributed by atoms with Crippen LogP contribution < -0.4 is 20.1 Å². The van der Waals surface area contributed by atoms with Gasteiger partial charge in [0, 0.05) is 12.1 Å². The molecule has 1 aliphatic carbocycles. The van der Waals surface area contributed by atoms with E-state index in [0.717, 1.165) is 32.1 Å². The zero-order valence-corrected chi connectivity index (χ0v) is 16.9. The Hall–Kier alpha value is -3.03. The van der Waals surface area contributed by atoms with Crippen molar-refractivity contribution in [2.45, 2.75) is 45.1 Å². The predicted molar refractivity (Wildman–Crippen MR) is 108 cm³/mol. The summed E-state index contributed by atoms with van der Waals surface area (Å²) in [5, 5.41) is 4.88. The molecule has 1 fully saturated rings. The van der Waals surface area contributed by atoms with E-state index in [4.69, 9.17) is 14.2 Å². The average molecular weight is 404 g/mol. The Labute approximate surface area is 170 Å². The third kappa shape index (κ3) is 7.85. The van der Waals surface area contributed by atoms with E-state index in [2.05, 4.69) is 10.6 Å². The van der Waals surface area contributed by atoms with Crippen LogP contribution in [0.15, 0.2) is 24.3 Å². The molecule has 29 heavy (non-hydrogen) atoms. The standard InChI is InChI=1S/C21H28N2O6/c1-3-12-28-17-10-8-15(13-18(17)27-2)9-11-20(25)29-14-19(24)23-21(26)22-16-6-4-5-7-16/h8-11,13,16H,3-7,12,14H2,1-2H3,(H2,22,23,24,26)/b11-9+. The zero-order valence-electron chi connectivity index (χ0n) is 16.9. The van der Waals surface area contributed by atoms with Crippen molar-refractivity contribution in [2.24, 2.45) is 0 Å². The Bertz CT molecular complexity index is 741. The molecule has 0 radical (unpaired) electrons. The quantitative estimate of drug-likeness (QED) is 0.485. The largest absolute Gasteiger partial charge is 0.493 e. The molecule has 1 aromatic rings. The number of ether oxygens (including phenoxy) is 3. The smallest absolute Gasteiger partial charge is 0.331 e. The summed E-state index contributed by atoms with van der Waals surface area (Å²) in [7, 11) is 1.54. The molecule has 0 unspecified atom stereocenters. The number of hydrogen-bond donors (Lipinski definition) is 2. The SMILES string of the molecule is CCCOc1ccc(/C=C/C(=O)OCC(=O)NC(=O)NC2CCCC2)cc1OC. The molecule has 158 valence electrons. The Balaban J connectivity index is 1.76. The topological polar surface area (TPSA) is 103 Å². The van der Waals surface area contributed by atoms with Crippen molar-refractivity contribution < 1.29 is 28.6 Å². The van der Waals surface area contributed by atoms with Gasteiger partial charge in [-0.05, 0) is 43.0 Å². The van der Waals surface area contributed by atoms with E-state index in [9.17, 15) is 14.4 Å². The number of hydrogen-bond acceptors (Lipinski definition) is 6. The van der Waals surface area contributed by atoms with E-state index < -0.39 is 24.5 Å². The van der Waals surface area contributed by atoms with Gasteiger partial charge < -0.3 is 19.5 Å². The van der Waals surface area contributed by atoms with Crippen LogP contribution in [0.25, 0.3) is 6.08 Å². The Morgan fingerprint density at radius 3 is 2.62 bits per heavy atom. The predicted octanol–water partition coefficient (Wildman–Crippen LogP) is 2.81. The summed E-state index contributed by atoms with van der Waals surface area (Å²) in [5.41, 5.74) is 0.711. The number of esters is 1. The van der Waals surface area contributed by atoms with Gasteiger partial charge in [-0.3, -0.25) is 10.1 Å². The summed E-state index contributed by atoms with van der Waals surface area (Å²) in [5.74, 6) is -0.189. The van der Waals surface area contributed by atoms with E-state index in [1.54, 1.807) is 24.3 Å². The van der Waals surface area contributed by atoms with Crippen molar-refractivity contribution >= 4 is 24.0 Å². The molecule has 0 spiro atoms. The fourth-order valence-electron chi connectivity index (χ4n) is 2.92. The van der Waals surface area contributed by atoms with Crippen LogP contribution in [0, 0.1) is 0 Å².